The number of benzene rings is 1. The monoisotopic (exact) mass is 219 g/mol. The third kappa shape index (κ3) is 4.17. The molecule has 0 fully saturated rings. The molecule has 1 aromatic carbocycles. The second kappa shape index (κ2) is 8.53. The van der Waals surface area contributed by atoms with Crippen molar-refractivity contribution in [1.82, 2.24) is 9.55 Å². The topological polar surface area (TPSA) is 43.8 Å². The predicted molar refractivity (Wildman–Crippen MR) is 70.7 cm³/mol. The van der Waals surface area contributed by atoms with E-state index in [9.17, 15) is 0 Å². The molecular formula is C13H21N3. The van der Waals surface area contributed by atoms with Gasteiger partial charge in [0.2, 0.25) is 0 Å². The average molecular weight is 219 g/mol. The van der Waals surface area contributed by atoms with Gasteiger partial charge in [-0.05, 0) is 24.3 Å². The minimum Gasteiger partial charge on any atom is -0.399 e. The van der Waals surface area contributed by atoms with Gasteiger partial charge in [0, 0.05) is 23.8 Å². The molecule has 0 aliphatic rings. The van der Waals surface area contributed by atoms with Crippen LogP contribution in [0, 0.1) is 0 Å². The van der Waals surface area contributed by atoms with Gasteiger partial charge in [-0.1, -0.05) is 27.7 Å². The van der Waals surface area contributed by atoms with E-state index in [4.69, 9.17) is 5.73 Å². The Labute approximate surface area is 97.9 Å². The molecule has 2 N–H and O–H groups in total. The molecule has 0 bridgehead atoms. The van der Waals surface area contributed by atoms with Crippen molar-refractivity contribution in [1.29, 1.82) is 0 Å². The fourth-order valence-electron chi connectivity index (χ4n) is 1.06. The third-order valence-electron chi connectivity index (χ3n) is 1.70. The summed E-state index contributed by atoms with van der Waals surface area (Å²) >= 11 is 0. The summed E-state index contributed by atoms with van der Waals surface area (Å²) in [5.41, 5.74) is 7.40. The number of hydrogen-bond acceptors (Lipinski definition) is 2. The van der Waals surface area contributed by atoms with Crippen LogP contribution >= 0.6 is 0 Å². The maximum Gasteiger partial charge on any atom is 0.0991 e. The number of rotatable bonds is 1. The molecule has 0 spiro atoms. The summed E-state index contributed by atoms with van der Waals surface area (Å²) in [6.07, 6.45) is 5.40. The first-order valence-corrected chi connectivity index (χ1v) is 5.70. The standard InChI is InChI=1S/C9H9N3.2C2H6/c10-8-1-3-9(4-2-8)12-6-5-11-7-12;2*1-2/h1-7H,10H2;2*1-2H3. The number of nitrogen functional groups attached to an aromatic ring is 1. The van der Waals surface area contributed by atoms with Gasteiger partial charge in [-0.25, -0.2) is 4.98 Å². The Morgan fingerprint density at radius 2 is 1.56 bits per heavy atom. The van der Waals surface area contributed by atoms with Gasteiger partial charge in [-0.2, -0.15) is 0 Å². The highest BCUT2D eigenvalue weighted by Crippen LogP contribution is 2.09. The number of aromatic nitrogens is 2. The lowest BCUT2D eigenvalue weighted by molar-refractivity contribution is 1.06. The summed E-state index contributed by atoms with van der Waals surface area (Å²) in [7, 11) is 0. The molecule has 2 aromatic rings. The van der Waals surface area contributed by atoms with Gasteiger partial charge in [-0.15, -0.1) is 0 Å². The first-order valence-electron chi connectivity index (χ1n) is 5.70. The van der Waals surface area contributed by atoms with Crippen LogP contribution in [0.4, 0.5) is 5.69 Å². The Balaban J connectivity index is 0.000000509. The molecule has 16 heavy (non-hydrogen) atoms. The Morgan fingerprint density at radius 3 is 2.00 bits per heavy atom. The molecule has 0 radical (unpaired) electrons. The fourth-order valence-corrected chi connectivity index (χ4v) is 1.06. The van der Waals surface area contributed by atoms with Crippen LogP contribution in [0.2, 0.25) is 0 Å². The van der Waals surface area contributed by atoms with E-state index in [0.717, 1.165) is 11.4 Å². The van der Waals surface area contributed by atoms with E-state index >= 15 is 0 Å². The SMILES string of the molecule is CC.CC.Nc1ccc(-n2ccnc2)cc1. The highest BCUT2D eigenvalue weighted by Gasteiger charge is 1.92. The minimum absolute atomic E-state index is 0.777. The van der Waals surface area contributed by atoms with Crippen molar-refractivity contribution in [2.24, 2.45) is 0 Å². The first-order chi connectivity index (χ1) is 7.86. The van der Waals surface area contributed by atoms with Crippen molar-refractivity contribution < 1.29 is 0 Å². The molecule has 2 rings (SSSR count). The molecule has 1 heterocycles. The van der Waals surface area contributed by atoms with Gasteiger partial charge in [-0.3, -0.25) is 0 Å². The predicted octanol–water partition coefficient (Wildman–Crippen LogP) is 3.51. The van der Waals surface area contributed by atoms with E-state index < -0.39 is 0 Å². The maximum absolute atomic E-state index is 5.56. The Kier molecular flexibility index (Phi) is 7.59. The van der Waals surface area contributed by atoms with Crippen molar-refractivity contribution in [3.63, 3.8) is 0 Å². The van der Waals surface area contributed by atoms with E-state index in [1.165, 1.54) is 0 Å². The summed E-state index contributed by atoms with van der Waals surface area (Å²) in [6, 6.07) is 7.65. The van der Waals surface area contributed by atoms with Gasteiger partial charge in [0.05, 0.1) is 6.33 Å². The molecule has 0 atom stereocenters. The van der Waals surface area contributed by atoms with E-state index in [2.05, 4.69) is 4.98 Å². The van der Waals surface area contributed by atoms with E-state index in [1.54, 1.807) is 12.5 Å². The second-order valence-corrected chi connectivity index (χ2v) is 2.56. The summed E-state index contributed by atoms with van der Waals surface area (Å²) < 4.78 is 1.93. The zero-order valence-corrected chi connectivity index (χ0v) is 10.5. The number of anilines is 1. The lowest BCUT2D eigenvalue weighted by atomic mass is 10.3. The van der Waals surface area contributed by atoms with Gasteiger partial charge < -0.3 is 10.3 Å². The maximum atomic E-state index is 5.56. The molecule has 0 aliphatic heterocycles. The third-order valence-corrected chi connectivity index (χ3v) is 1.70. The van der Waals surface area contributed by atoms with Gasteiger partial charge in [0.1, 0.15) is 0 Å². The average Bonchev–Trinajstić information content (AvgIpc) is 2.89. The van der Waals surface area contributed by atoms with E-state index in [-0.39, 0.29) is 0 Å². The van der Waals surface area contributed by atoms with Gasteiger partial charge >= 0.3 is 0 Å². The van der Waals surface area contributed by atoms with Gasteiger partial charge in [0.25, 0.3) is 0 Å². The highest BCUT2D eigenvalue weighted by atomic mass is 15.0. The smallest absolute Gasteiger partial charge is 0.0991 e. The molecular weight excluding hydrogens is 198 g/mol. The summed E-state index contributed by atoms with van der Waals surface area (Å²) in [5, 5.41) is 0. The highest BCUT2D eigenvalue weighted by molar-refractivity contribution is 5.44. The van der Waals surface area contributed by atoms with Crippen LogP contribution in [0.15, 0.2) is 43.0 Å². The number of nitrogens with two attached hydrogens (primary N) is 1. The molecule has 3 nitrogen and oxygen atoms in total. The zero-order chi connectivity index (χ0) is 12.4. The summed E-state index contributed by atoms with van der Waals surface area (Å²) in [6.45, 7) is 8.00. The molecule has 3 heteroatoms. The molecule has 0 aliphatic carbocycles. The second-order valence-electron chi connectivity index (χ2n) is 2.56. The van der Waals surface area contributed by atoms with Crippen molar-refractivity contribution in [2.75, 3.05) is 5.73 Å². The van der Waals surface area contributed by atoms with Crippen molar-refractivity contribution in [3.8, 4) is 5.69 Å². The number of hydrogen-bond donors (Lipinski definition) is 1. The van der Waals surface area contributed by atoms with Gasteiger partial charge in [0.15, 0.2) is 0 Å². The molecule has 88 valence electrons. The summed E-state index contributed by atoms with van der Waals surface area (Å²) in [5.74, 6) is 0. The van der Waals surface area contributed by atoms with Crippen LogP contribution < -0.4 is 5.73 Å². The Bertz CT molecular complexity index is 349. The number of nitrogens with zero attached hydrogens (tertiary/aromatic N) is 2. The Morgan fingerprint density at radius 1 is 1.00 bits per heavy atom. The molecule has 0 amide bonds. The van der Waals surface area contributed by atoms with Crippen LogP contribution in [0.5, 0.6) is 0 Å². The number of imidazole rings is 1. The van der Waals surface area contributed by atoms with Crippen LogP contribution in [0.25, 0.3) is 5.69 Å². The normalized spacial score (nSPS) is 8.25. The summed E-state index contributed by atoms with van der Waals surface area (Å²) in [4.78, 5) is 3.95. The van der Waals surface area contributed by atoms with Crippen LogP contribution in [-0.4, -0.2) is 9.55 Å². The molecule has 0 unspecified atom stereocenters. The van der Waals surface area contributed by atoms with Crippen LogP contribution in [0.1, 0.15) is 27.7 Å². The quantitative estimate of drug-likeness (QED) is 0.746. The largest absolute Gasteiger partial charge is 0.399 e. The molecule has 0 saturated heterocycles. The van der Waals surface area contributed by atoms with Crippen molar-refractivity contribution >= 4 is 5.69 Å². The van der Waals surface area contributed by atoms with E-state index in [0.29, 0.717) is 0 Å². The zero-order valence-electron chi connectivity index (χ0n) is 10.5. The first kappa shape index (κ1) is 14.2. The fraction of sp³-hybridized carbons (Fsp3) is 0.308. The minimum atomic E-state index is 0.777. The van der Waals surface area contributed by atoms with Crippen LogP contribution in [0.3, 0.4) is 0 Å². The molecule has 1 aromatic heterocycles. The lowest BCUT2D eigenvalue weighted by Crippen LogP contribution is -1.90. The van der Waals surface area contributed by atoms with Crippen LogP contribution in [-0.2, 0) is 0 Å². The molecule has 0 saturated carbocycles. The van der Waals surface area contributed by atoms with Crippen molar-refractivity contribution in [2.45, 2.75) is 27.7 Å². The van der Waals surface area contributed by atoms with E-state index in [1.807, 2.05) is 62.7 Å². The van der Waals surface area contributed by atoms with Crippen molar-refractivity contribution in [3.05, 3.63) is 43.0 Å². The Hall–Kier alpha value is -1.77. The lowest BCUT2D eigenvalue weighted by Gasteiger charge is -2.00.